The second-order valence-corrected chi connectivity index (χ2v) is 4.41. The van der Waals surface area contributed by atoms with E-state index in [1.807, 2.05) is 0 Å². The molecule has 1 aromatic carbocycles. The number of hydrogen-bond acceptors (Lipinski definition) is 2. The highest BCUT2D eigenvalue weighted by Gasteiger charge is 2.19. The number of carbonyl (C=O) groups excluding carboxylic acids is 2. The lowest BCUT2D eigenvalue weighted by Gasteiger charge is -2.18. The quantitative estimate of drug-likeness (QED) is 0.882. The Hall–Kier alpha value is -1.91. The van der Waals surface area contributed by atoms with Crippen LogP contribution in [-0.4, -0.2) is 36.9 Å². The van der Waals surface area contributed by atoms with E-state index < -0.39 is 17.8 Å². The van der Waals surface area contributed by atoms with Crippen LogP contribution in [-0.2, 0) is 4.79 Å². The smallest absolute Gasteiger partial charge is 0.254 e. The van der Waals surface area contributed by atoms with E-state index >= 15 is 0 Å². The van der Waals surface area contributed by atoms with Gasteiger partial charge in [-0.15, -0.1) is 0 Å². The van der Waals surface area contributed by atoms with Gasteiger partial charge in [0.15, 0.2) is 0 Å². The number of amides is 2. The molecule has 0 aliphatic carbocycles. The average molecular weight is 252 g/mol. The van der Waals surface area contributed by atoms with Gasteiger partial charge in [-0.2, -0.15) is 0 Å². The first-order valence-electron chi connectivity index (χ1n) is 5.61. The Morgan fingerprint density at radius 2 is 1.94 bits per heavy atom. The topological polar surface area (TPSA) is 49.4 Å². The van der Waals surface area contributed by atoms with Crippen molar-refractivity contribution in [1.82, 2.24) is 10.2 Å². The molecule has 2 amide bonds. The monoisotopic (exact) mass is 252 g/mol. The van der Waals surface area contributed by atoms with Crippen molar-refractivity contribution in [3.8, 4) is 0 Å². The van der Waals surface area contributed by atoms with Crippen molar-refractivity contribution in [2.45, 2.75) is 19.9 Å². The Morgan fingerprint density at radius 1 is 1.33 bits per heavy atom. The van der Waals surface area contributed by atoms with Crippen molar-refractivity contribution in [3.05, 3.63) is 35.1 Å². The Balaban J connectivity index is 2.80. The number of nitrogens with one attached hydrogen (secondary N) is 1. The van der Waals surface area contributed by atoms with Gasteiger partial charge in [0.25, 0.3) is 5.91 Å². The standard InChI is InChI=1S/C13H17FN2O2/c1-8-5-6-10(11(14)7-8)12(17)15-9(2)13(18)16(3)4/h5-7,9H,1-4H3,(H,15,17). The first kappa shape index (κ1) is 14.2. The minimum Gasteiger partial charge on any atom is -0.347 e. The van der Waals surface area contributed by atoms with E-state index in [0.29, 0.717) is 0 Å². The minimum atomic E-state index is -0.687. The van der Waals surface area contributed by atoms with Gasteiger partial charge in [-0.1, -0.05) is 6.07 Å². The highest BCUT2D eigenvalue weighted by Crippen LogP contribution is 2.10. The molecule has 0 saturated carbocycles. The molecule has 18 heavy (non-hydrogen) atoms. The third kappa shape index (κ3) is 3.29. The summed E-state index contributed by atoms with van der Waals surface area (Å²) in [5.41, 5.74) is 0.681. The van der Waals surface area contributed by atoms with E-state index in [2.05, 4.69) is 5.32 Å². The minimum absolute atomic E-state index is 0.0565. The summed E-state index contributed by atoms with van der Waals surface area (Å²) < 4.78 is 13.6. The van der Waals surface area contributed by atoms with Crippen molar-refractivity contribution in [3.63, 3.8) is 0 Å². The number of benzene rings is 1. The van der Waals surface area contributed by atoms with E-state index in [0.717, 1.165) is 5.56 Å². The highest BCUT2D eigenvalue weighted by atomic mass is 19.1. The van der Waals surface area contributed by atoms with Crippen molar-refractivity contribution in [2.75, 3.05) is 14.1 Å². The normalized spacial score (nSPS) is 11.8. The molecule has 0 bridgehead atoms. The number of rotatable bonds is 3. The molecule has 0 saturated heterocycles. The Labute approximate surface area is 106 Å². The Kier molecular flexibility index (Phi) is 4.42. The second-order valence-electron chi connectivity index (χ2n) is 4.41. The summed E-state index contributed by atoms with van der Waals surface area (Å²) in [6.07, 6.45) is 0. The van der Waals surface area contributed by atoms with Crippen LogP contribution in [0.15, 0.2) is 18.2 Å². The number of hydrogen-bond donors (Lipinski definition) is 1. The molecule has 1 rings (SSSR count). The molecule has 1 atom stereocenters. The lowest BCUT2D eigenvalue weighted by molar-refractivity contribution is -0.130. The second kappa shape index (κ2) is 5.62. The van der Waals surface area contributed by atoms with Crippen molar-refractivity contribution in [1.29, 1.82) is 0 Å². The van der Waals surface area contributed by atoms with E-state index in [1.165, 1.54) is 17.0 Å². The van der Waals surface area contributed by atoms with Crippen LogP contribution in [0.4, 0.5) is 4.39 Å². The third-order valence-electron chi connectivity index (χ3n) is 2.53. The largest absolute Gasteiger partial charge is 0.347 e. The molecule has 1 aromatic rings. The number of likely N-dealkylation sites (N-methyl/N-ethyl adjacent to an activating group) is 1. The van der Waals surface area contributed by atoms with Crippen LogP contribution in [0.25, 0.3) is 0 Å². The van der Waals surface area contributed by atoms with Gasteiger partial charge in [0.05, 0.1) is 5.56 Å². The molecule has 0 aliphatic rings. The summed E-state index contributed by atoms with van der Waals surface area (Å²) in [7, 11) is 3.19. The van der Waals surface area contributed by atoms with E-state index in [1.54, 1.807) is 34.0 Å². The number of halogens is 1. The predicted octanol–water partition coefficient (Wildman–Crippen LogP) is 1.34. The lowest BCUT2D eigenvalue weighted by atomic mass is 10.1. The molecule has 5 heteroatoms. The van der Waals surface area contributed by atoms with Gasteiger partial charge in [0, 0.05) is 14.1 Å². The molecular formula is C13H17FN2O2. The van der Waals surface area contributed by atoms with Crippen molar-refractivity contribution >= 4 is 11.8 Å². The highest BCUT2D eigenvalue weighted by molar-refractivity contribution is 5.97. The van der Waals surface area contributed by atoms with Gasteiger partial charge in [-0.3, -0.25) is 9.59 Å². The molecule has 98 valence electrons. The predicted molar refractivity (Wildman–Crippen MR) is 66.8 cm³/mol. The van der Waals surface area contributed by atoms with Crippen molar-refractivity contribution in [2.24, 2.45) is 0 Å². The van der Waals surface area contributed by atoms with E-state index in [9.17, 15) is 14.0 Å². The number of carbonyl (C=O) groups is 2. The van der Waals surface area contributed by atoms with Gasteiger partial charge in [-0.25, -0.2) is 4.39 Å². The van der Waals surface area contributed by atoms with Crippen LogP contribution < -0.4 is 5.32 Å². The summed E-state index contributed by atoms with van der Waals surface area (Å²) in [6.45, 7) is 3.30. The van der Waals surface area contributed by atoms with Crippen LogP contribution in [0.2, 0.25) is 0 Å². The molecule has 1 unspecified atom stereocenters. The Morgan fingerprint density at radius 3 is 2.44 bits per heavy atom. The molecule has 4 nitrogen and oxygen atoms in total. The lowest BCUT2D eigenvalue weighted by Crippen LogP contribution is -2.44. The van der Waals surface area contributed by atoms with E-state index in [-0.39, 0.29) is 11.5 Å². The summed E-state index contributed by atoms with van der Waals surface area (Å²) in [5.74, 6) is -1.41. The van der Waals surface area contributed by atoms with Gasteiger partial charge in [-0.05, 0) is 31.5 Å². The fraction of sp³-hybridized carbons (Fsp3) is 0.385. The third-order valence-corrected chi connectivity index (χ3v) is 2.53. The SMILES string of the molecule is Cc1ccc(C(=O)NC(C)C(=O)N(C)C)c(F)c1. The summed E-state index contributed by atoms with van der Waals surface area (Å²) in [5, 5.41) is 2.47. The molecular weight excluding hydrogens is 235 g/mol. The molecule has 0 heterocycles. The van der Waals surface area contributed by atoms with Gasteiger partial charge < -0.3 is 10.2 Å². The van der Waals surface area contributed by atoms with Crippen LogP contribution in [0.1, 0.15) is 22.8 Å². The first-order valence-corrected chi connectivity index (χ1v) is 5.61. The number of aryl methyl sites for hydroxylation is 1. The first-order chi connectivity index (χ1) is 8.32. The summed E-state index contributed by atoms with van der Waals surface area (Å²) >= 11 is 0. The van der Waals surface area contributed by atoms with Crippen LogP contribution in [0, 0.1) is 12.7 Å². The average Bonchev–Trinajstić information content (AvgIpc) is 2.27. The molecule has 0 aliphatic heterocycles. The van der Waals surface area contributed by atoms with Gasteiger partial charge in [0.2, 0.25) is 5.91 Å². The van der Waals surface area contributed by atoms with Crippen LogP contribution >= 0.6 is 0 Å². The molecule has 0 fully saturated rings. The molecule has 0 spiro atoms. The molecule has 0 radical (unpaired) electrons. The molecule has 1 N–H and O–H groups in total. The van der Waals surface area contributed by atoms with Crippen LogP contribution in [0.3, 0.4) is 0 Å². The van der Waals surface area contributed by atoms with Gasteiger partial charge in [0.1, 0.15) is 11.9 Å². The maximum Gasteiger partial charge on any atom is 0.254 e. The summed E-state index contributed by atoms with van der Waals surface area (Å²) in [6, 6.07) is 3.66. The maximum atomic E-state index is 13.6. The maximum absolute atomic E-state index is 13.6. The molecule has 0 aromatic heterocycles. The fourth-order valence-electron chi connectivity index (χ4n) is 1.53. The van der Waals surface area contributed by atoms with E-state index in [4.69, 9.17) is 0 Å². The zero-order chi connectivity index (χ0) is 13.9. The van der Waals surface area contributed by atoms with Crippen molar-refractivity contribution < 1.29 is 14.0 Å². The fourth-order valence-corrected chi connectivity index (χ4v) is 1.53. The van der Waals surface area contributed by atoms with Gasteiger partial charge >= 0.3 is 0 Å². The zero-order valence-corrected chi connectivity index (χ0v) is 11.0. The Bertz CT molecular complexity index is 472. The summed E-state index contributed by atoms with van der Waals surface area (Å²) in [4.78, 5) is 24.7. The number of nitrogens with zero attached hydrogens (tertiary/aromatic N) is 1. The van der Waals surface area contributed by atoms with Crippen LogP contribution in [0.5, 0.6) is 0 Å². The zero-order valence-electron chi connectivity index (χ0n) is 11.0.